The number of benzene rings is 1. The smallest absolute Gasteiger partial charge is 0.152 e. The van der Waals surface area contributed by atoms with Crippen LogP contribution in [0.15, 0.2) is 59.7 Å². The van der Waals surface area contributed by atoms with E-state index in [1.54, 1.807) is 0 Å². The van der Waals surface area contributed by atoms with E-state index in [1.807, 2.05) is 25.3 Å². The molecule has 4 nitrogen and oxygen atoms in total. The molecule has 0 aliphatic heterocycles. The summed E-state index contributed by atoms with van der Waals surface area (Å²) >= 11 is 0. The first-order valence-electron chi connectivity index (χ1n) is 10.5. The summed E-state index contributed by atoms with van der Waals surface area (Å²) in [5, 5.41) is 3.34. The topological polar surface area (TPSA) is 50.2 Å². The van der Waals surface area contributed by atoms with E-state index in [1.165, 1.54) is 43.2 Å². The molecule has 0 unspecified atom stereocenters. The largest absolute Gasteiger partial charge is 0.364 e. The van der Waals surface area contributed by atoms with Crippen LogP contribution in [0.25, 0.3) is 11.3 Å². The molecule has 1 aromatic carbocycles. The van der Waals surface area contributed by atoms with Crippen LogP contribution in [0.3, 0.4) is 0 Å². The molecular formula is C25H28N4. The zero-order chi connectivity index (χ0) is 20.1. The van der Waals surface area contributed by atoms with Crippen LogP contribution in [-0.2, 0) is 6.54 Å². The van der Waals surface area contributed by atoms with Crippen molar-refractivity contribution in [3.05, 3.63) is 71.5 Å². The van der Waals surface area contributed by atoms with Gasteiger partial charge in [0.2, 0.25) is 0 Å². The van der Waals surface area contributed by atoms with Gasteiger partial charge in [0.25, 0.3) is 0 Å². The Balaban J connectivity index is 1.41. The van der Waals surface area contributed by atoms with Gasteiger partial charge in [-0.2, -0.15) is 0 Å². The van der Waals surface area contributed by atoms with Crippen LogP contribution in [0.2, 0.25) is 0 Å². The van der Waals surface area contributed by atoms with Gasteiger partial charge in [-0.05, 0) is 61.7 Å². The zero-order valence-electron chi connectivity index (χ0n) is 17.1. The molecule has 1 fully saturated rings. The molecule has 1 aliphatic carbocycles. The first kappa shape index (κ1) is 19.3. The van der Waals surface area contributed by atoms with Crippen LogP contribution in [0.4, 0.5) is 11.5 Å². The van der Waals surface area contributed by atoms with Crippen molar-refractivity contribution in [2.45, 2.75) is 51.5 Å². The highest BCUT2D eigenvalue weighted by Crippen LogP contribution is 2.33. The monoisotopic (exact) mass is 384 g/mol. The summed E-state index contributed by atoms with van der Waals surface area (Å²) in [5.41, 5.74) is 6.47. The average Bonchev–Trinajstić information content (AvgIpc) is 2.79. The lowest BCUT2D eigenvalue weighted by Crippen LogP contribution is -2.04. The second-order valence-corrected chi connectivity index (χ2v) is 7.84. The van der Waals surface area contributed by atoms with Crippen LogP contribution in [0.1, 0.15) is 54.8 Å². The molecule has 1 aliphatic rings. The highest BCUT2D eigenvalue weighted by atomic mass is 15.0. The first-order valence-corrected chi connectivity index (χ1v) is 10.5. The van der Waals surface area contributed by atoms with Crippen molar-refractivity contribution >= 4 is 18.2 Å². The summed E-state index contributed by atoms with van der Waals surface area (Å²) in [5.74, 6) is 1.49. The SMILES string of the molecule is C=Nc1ccc(C)nc1NCc1ccc(-c2ccc(C3CCCCC3)cc2)nc1. The second-order valence-electron chi connectivity index (χ2n) is 7.84. The Kier molecular flexibility index (Phi) is 5.99. The maximum absolute atomic E-state index is 4.67. The Hall–Kier alpha value is -3.01. The standard InChI is InChI=1S/C25H28N4/c1-18-8-14-24(26-2)25(29-18)28-17-19-9-15-23(27-16-19)22-12-10-21(11-13-22)20-6-4-3-5-7-20/h8-16,20H,2-7,17H2,1H3,(H,28,29). The Bertz CT molecular complexity index is 955. The van der Waals surface area contributed by atoms with Crippen molar-refractivity contribution in [3.8, 4) is 11.3 Å². The first-order chi connectivity index (χ1) is 14.2. The fourth-order valence-electron chi connectivity index (χ4n) is 4.05. The molecule has 2 heterocycles. The molecule has 4 heteroatoms. The lowest BCUT2D eigenvalue weighted by Gasteiger charge is -2.22. The fourth-order valence-corrected chi connectivity index (χ4v) is 4.05. The lowest BCUT2D eigenvalue weighted by molar-refractivity contribution is 0.443. The molecule has 0 saturated heterocycles. The van der Waals surface area contributed by atoms with Crippen LogP contribution in [0, 0.1) is 6.92 Å². The number of anilines is 1. The fraction of sp³-hybridized carbons (Fsp3) is 0.320. The Morgan fingerprint density at radius 1 is 1.00 bits per heavy atom. The summed E-state index contributed by atoms with van der Waals surface area (Å²) in [6, 6.07) is 17.1. The van der Waals surface area contributed by atoms with E-state index in [4.69, 9.17) is 0 Å². The molecule has 0 amide bonds. The van der Waals surface area contributed by atoms with Crippen LogP contribution < -0.4 is 5.32 Å². The molecular weight excluding hydrogens is 356 g/mol. The van der Waals surface area contributed by atoms with E-state index < -0.39 is 0 Å². The average molecular weight is 385 g/mol. The molecule has 0 radical (unpaired) electrons. The molecule has 0 bridgehead atoms. The summed E-state index contributed by atoms with van der Waals surface area (Å²) in [6.07, 6.45) is 8.72. The lowest BCUT2D eigenvalue weighted by atomic mass is 9.84. The highest BCUT2D eigenvalue weighted by molar-refractivity contribution is 5.64. The van der Waals surface area contributed by atoms with Gasteiger partial charge >= 0.3 is 0 Å². The summed E-state index contributed by atoms with van der Waals surface area (Å²) in [7, 11) is 0. The third-order valence-corrected chi connectivity index (χ3v) is 5.75. The third kappa shape index (κ3) is 4.70. The maximum Gasteiger partial charge on any atom is 0.152 e. The Morgan fingerprint density at radius 3 is 2.48 bits per heavy atom. The minimum Gasteiger partial charge on any atom is -0.364 e. The minimum absolute atomic E-state index is 0.646. The van der Waals surface area contributed by atoms with E-state index in [0.717, 1.165) is 34.4 Å². The number of aliphatic imine (C=N–C) groups is 1. The molecule has 1 saturated carbocycles. The molecule has 148 valence electrons. The summed E-state index contributed by atoms with van der Waals surface area (Å²) in [6.45, 7) is 6.23. The van der Waals surface area contributed by atoms with E-state index in [0.29, 0.717) is 6.54 Å². The van der Waals surface area contributed by atoms with Crippen molar-refractivity contribution in [2.75, 3.05) is 5.32 Å². The highest BCUT2D eigenvalue weighted by Gasteiger charge is 2.15. The third-order valence-electron chi connectivity index (χ3n) is 5.75. The predicted octanol–water partition coefficient (Wildman–Crippen LogP) is 6.44. The van der Waals surface area contributed by atoms with Gasteiger partial charge < -0.3 is 5.32 Å². The molecule has 2 aromatic heterocycles. The number of aromatic nitrogens is 2. The van der Waals surface area contributed by atoms with Gasteiger partial charge in [-0.25, -0.2) is 4.98 Å². The number of hydrogen-bond donors (Lipinski definition) is 1. The van der Waals surface area contributed by atoms with Crippen molar-refractivity contribution in [1.29, 1.82) is 0 Å². The summed E-state index contributed by atoms with van der Waals surface area (Å²) < 4.78 is 0. The van der Waals surface area contributed by atoms with Crippen LogP contribution in [0.5, 0.6) is 0 Å². The van der Waals surface area contributed by atoms with Crippen LogP contribution in [-0.4, -0.2) is 16.7 Å². The second kappa shape index (κ2) is 8.99. The van der Waals surface area contributed by atoms with E-state index >= 15 is 0 Å². The molecule has 29 heavy (non-hydrogen) atoms. The number of hydrogen-bond acceptors (Lipinski definition) is 4. The van der Waals surface area contributed by atoms with Gasteiger partial charge in [0.05, 0.1) is 5.69 Å². The van der Waals surface area contributed by atoms with Crippen molar-refractivity contribution in [1.82, 2.24) is 9.97 Å². The van der Waals surface area contributed by atoms with Gasteiger partial charge in [0, 0.05) is 24.0 Å². The quantitative estimate of drug-likeness (QED) is 0.497. The molecule has 0 atom stereocenters. The van der Waals surface area contributed by atoms with Crippen molar-refractivity contribution in [3.63, 3.8) is 0 Å². The van der Waals surface area contributed by atoms with Crippen molar-refractivity contribution < 1.29 is 0 Å². The van der Waals surface area contributed by atoms with Crippen LogP contribution >= 0.6 is 0 Å². The van der Waals surface area contributed by atoms with Gasteiger partial charge in [-0.3, -0.25) is 9.98 Å². The Labute approximate surface area is 173 Å². The van der Waals surface area contributed by atoms with E-state index in [9.17, 15) is 0 Å². The molecule has 4 rings (SSSR count). The number of pyridine rings is 2. The van der Waals surface area contributed by atoms with Gasteiger partial charge in [-0.15, -0.1) is 0 Å². The number of nitrogens with zero attached hydrogens (tertiary/aromatic N) is 3. The number of nitrogens with one attached hydrogen (secondary N) is 1. The maximum atomic E-state index is 4.67. The van der Waals surface area contributed by atoms with Crippen molar-refractivity contribution in [2.24, 2.45) is 4.99 Å². The normalized spacial score (nSPS) is 14.5. The van der Waals surface area contributed by atoms with E-state index in [-0.39, 0.29) is 0 Å². The Morgan fingerprint density at radius 2 is 1.79 bits per heavy atom. The van der Waals surface area contributed by atoms with Gasteiger partial charge in [0.15, 0.2) is 5.82 Å². The predicted molar refractivity (Wildman–Crippen MR) is 121 cm³/mol. The van der Waals surface area contributed by atoms with E-state index in [2.05, 4.69) is 63.4 Å². The summed E-state index contributed by atoms with van der Waals surface area (Å²) in [4.78, 5) is 13.2. The zero-order valence-corrected chi connectivity index (χ0v) is 17.1. The van der Waals surface area contributed by atoms with Gasteiger partial charge in [0.1, 0.15) is 5.69 Å². The minimum atomic E-state index is 0.646. The number of aryl methyl sites for hydroxylation is 1. The molecule has 0 spiro atoms. The molecule has 3 aromatic rings. The van der Waals surface area contributed by atoms with Gasteiger partial charge in [-0.1, -0.05) is 49.6 Å². The molecule has 1 N–H and O–H groups in total. The number of rotatable bonds is 6.